The number of amides is 1. The van der Waals surface area contributed by atoms with Gasteiger partial charge in [0, 0.05) is 37.2 Å². The van der Waals surface area contributed by atoms with Gasteiger partial charge in [-0.05, 0) is 31.2 Å². The zero-order valence-corrected chi connectivity index (χ0v) is 15.0. The third-order valence-electron chi connectivity index (χ3n) is 4.33. The number of hydrogen-bond acceptors (Lipinski definition) is 6. The maximum absolute atomic E-state index is 11.0. The van der Waals surface area contributed by atoms with Crippen LogP contribution in [0.1, 0.15) is 30.2 Å². The second-order valence-electron chi connectivity index (χ2n) is 5.80. The van der Waals surface area contributed by atoms with E-state index in [9.17, 15) is 4.79 Å². The Morgan fingerprint density at radius 2 is 1.96 bits per heavy atom. The van der Waals surface area contributed by atoms with Gasteiger partial charge in [0.2, 0.25) is 11.8 Å². The Bertz CT molecular complexity index is 764. The van der Waals surface area contributed by atoms with Gasteiger partial charge in [0.05, 0.1) is 5.04 Å². The zero-order chi connectivity index (χ0) is 17.8. The van der Waals surface area contributed by atoms with E-state index in [4.69, 9.17) is 9.52 Å². The zero-order valence-electron chi connectivity index (χ0n) is 14.2. The highest BCUT2D eigenvalue weighted by Gasteiger charge is 2.27. The number of rotatable bonds is 3. The van der Waals surface area contributed by atoms with Gasteiger partial charge in [-0.1, -0.05) is 12.1 Å². The minimum absolute atomic E-state index is 0.117. The number of thioether (sulfide) groups is 1. The second kappa shape index (κ2) is 7.69. The Morgan fingerprint density at radius 1 is 1.28 bits per heavy atom. The summed E-state index contributed by atoms with van der Waals surface area (Å²) in [4.78, 5) is 16.6. The van der Waals surface area contributed by atoms with Crippen LogP contribution in [0.5, 0.6) is 0 Å². The molecule has 1 amide bonds. The number of hydrogen-bond donors (Lipinski definition) is 1. The Morgan fingerprint density at radius 3 is 2.52 bits per heavy atom. The normalized spacial score (nSPS) is 16.2. The third-order valence-corrected chi connectivity index (χ3v) is 5.14. The van der Waals surface area contributed by atoms with Crippen molar-refractivity contribution in [2.45, 2.75) is 18.8 Å². The number of carboxylic acid groups (broad SMARTS) is 1. The number of piperidine rings is 1. The molecule has 7 nitrogen and oxygen atoms in total. The highest BCUT2D eigenvalue weighted by atomic mass is 32.2. The first-order chi connectivity index (χ1) is 12.1. The van der Waals surface area contributed by atoms with Gasteiger partial charge >= 0.3 is 6.09 Å². The first-order valence-electron chi connectivity index (χ1n) is 8.05. The van der Waals surface area contributed by atoms with Crippen molar-refractivity contribution in [2.75, 3.05) is 26.4 Å². The molecule has 1 saturated heterocycles. The molecule has 132 valence electrons. The van der Waals surface area contributed by atoms with Crippen molar-refractivity contribution >= 4 is 22.9 Å². The summed E-state index contributed by atoms with van der Waals surface area (Å²) >= 11 is 1.60. The maximum Gasteiger partial charge on any atom is 0.407 e. The fourth-order valence-corrected chi connectivity index (χ4v) is 3.48. The summed E-state index contributed by atoms with van der Waals surface area (Å²) in [5.41, 5.74) is 1.92. The molecule has 25 heavy (non-hydrogen) atoms. The monoisotopic (exact) mass is 360 g/mol. The SMILES string of the molecule is CN=C(SC)c1ccc(-c2nnc(C3CCN(C(=O)O)CC3)o2)cc1. The standard InChI is InChI=1S/C17H20N4O3S/c1-18-16(25-2)13-5-3-11(4-6-13)14-19-20-15(24-14)12-7-9-21(10-8-12)17(22)23/h3-6,12H,7-10H2,1-2H3,(H,22,23). The van der Waals surface area contributed by atoms with Crippen molar-refractivity contribution in [3.05, 3.63) is 35.7 Å². The molecule has 0 bridgehead atoms. The van der Waals surface area contributed by atoms with E-state index >= 15 is 0 Å². The molecule has 1 aromatic heterocycles. The molecule has 2 heterocycles. The van der Waals surface area contributed by atoms with Gasteiger partial charge in [-0.15, -0.1) is 22.0 Å². The smallest absolute Gasteiger partial charge is 0.407 e. The van der Waals surface area contributed by atoms with Crippen LogP contribution in [0.3, 0.4) is 0 Å². The van der Waals surface area contributed by atoms with Crippen molar-refractivity contribution < 1.29 is 14.3 Å². The summed E-state index contributed by atoms with van der Waals surface area (Å²) < 4.78 is 5.83. The summed E-state index contributed by atoms with van der Waals surface area (Å²) in [6.07, 6.45) is 2.54. The van der Waals surface area contributed by atoms with Crippen molar-refractivity contribution in [2.24, 2.45) is 4.99 Å². The molecule has 8 heteroatoms. The summed E-state index contributed by atoms with van der Waals surface area (Å²) in [7, 11) is 1.78. The Labute approximate surface area is 150 Å². The number of carbonyl (C=O) groups is 1. The Kier molecular flexibility index (Phi) is 5.37. The van der Waals surface area contributed by atoms with Gasteiger partial charge in [0.1, 0.15) is 0 Å². The van der Waals surface area contributed by atoms with Gasteiger partial charge < -0.3 is 14.4 Å². The van der Waals surface area contributed by atoms with Crippen LogP contribution in [0.25, 0.3) is 11.5 Å². The van der Waals surface area contributed by atoms with Crippen LogP contribution < -0.4 is 0 Å². The summed E-state index contributed by atoms with van der Waals surface area (Å²) in [6.45, 7) is 1.00. The molecule has 0 unspecified atom stereocenters. The fourth-order valence-electron chi connectivity index (χ4n) is 2.93. The number of aromatic nitrogens is 2. The van der Waals surface area contributed by atoms with Gasteiger partial charge in [-0.2, -0.15) is 0 Å². The quantitative estimate of drug-likeness (QED) is 0.667. The lowest BCUT2D eigenvalue weighted by molar-refractivity contribution is 0.129. The van der Waals surface area contributed by atoms with E-state index in [1.165, 1.54) is 4.90 Å². The van der Waals surface area contributed by atoms with Crippen LogP contribution >= 0.6 is 11.8 Å². The van der Waals surface area contributed by atoms with E-state index in [0.29, 0.717) is 37.7 Å². The van der Waals surface area contributed by atoms with E-state index in [1.807, 2.05) is 30.5 Å². The molecular formula is C17H20N4O3S. The van der Waals surface area contributed by atoms with Crippen molar-refractivity contribution in [1.29, 1.82) is 0 Å². The Balaban J connectivity index is 1.70. The van der Waals surface area contributed by atoms with E-state index in [2.05, 4.69) is 15.2 Å². The summed E-state index contributed by atoms with van der Waals surface area (Å²) in [5.74, 6) is 1.19. The van der Waals surface area contributed by atoms with E-state index in [1.54, 1.807) is 18.8 Å². The molecular weight excluding hydrogens is 340 g/mol. The molecule has 0 atom stereocenters. The van der Waals surface area contributed by atoms with Crippen LogP contribution in [-0.4, -0.2) is 57.7 Å². The van der Waals surface area contributed by atoms with Gasteiger partial charge in [-0.25, -0.2) is 4.79 Å². The summed E-state index contributed by atoms with van der Waals surface area (Å²) in [6, 6.07) is 7.87. The summed E-state index contributed by atoms with van der Waals surface area (Å²) in [5, 5.41) is 18.3. The highest BCUT2D eigenvalue weighted by molar-refractivity contribution is 8.13. The lowest BCUT2D eigenvalue weighted by Gasteiger charge is -2.27. The van der Waals surface area contributed by atoms with Crippen LogP contribution in [0.15, 0.2) is 33.7 Å². The number of nitrogens with zero attached hydrogens (tertiary/aromatic N) is 4. The van der Waals surface area contributed by atoms with E-state index in [-0.39, 0.29) is 5.92 Å². The van der Waals surface area contributed by atoms with Gasteiger partial charge in [0.25, 0.3) is 0 Å². The molecule has 0 spiro atoms. The topological polar surface area (TPSA) is 91.8 Å². The van der Waals surface area contributed by atoms with Crippen LogP contribution in [0, 0.1) is 0 Å². The van der Waals surface area contributed by atoms with E-state index in [0.717, 1.165) is 16.2 Å². The van der Waals surface area contributed by atoms with E-state index < -0.39 is 6.09 Å². The first kappa shape index (κ1) is 17.5. The molecule has 1 N–H and O–H groups in total. The molecule has 1 aliphatic heterocycles. The Hall–Kier alpha value is -2.35. The van der Waals surface area contributed by atoms with Crippen LogP contribution in [0.2, 0.25) is 0 Å². The first-order valence-corrected chi connectivity index (χ1v) is 9.27. The minimum Gasteiger partial charge on any atom is -0.465 e. The highest BCUT2D eigenvalue weighted by Crippen LogP contribution is 2.29. The average molecular weight is 360 g/mol. The number of aliphatic imine (C=N–C) groups is 1. The number of likely N-dealkylation sites (tertiary alicyclic amines) is 1. The molecule has 2 aromatic rings. The van der Waals surface area contributed by atoms with Crippen molar-refractivity contribution in [1.82, 2.24) is 15.1 Å². The molecule has 1 aromatic carbocycles. The third kappa shape index (κ3) is 3.84. The van der Waals surface area contributed by atoms with Crippen LogP contribution in [-0.2, 0) is 0 Å². The lowest BCUT2D eigenvalue weighted by atomic mass is 9.97. The van der Waals surface area contributed by atoms with Crippen LogP contribution in [0.4, 0.5) is 4.79 Å². The average Bonchev–Trinajstić information content (AvgIpc) is 3.13. The molecule has 1 fully saturated rings. The molecule has 0 radical (unpaired) electrons. The second-order valence-corrected chi connectivity index (χ2v) is 6.59. The molecule has 0 saturated carbocycles. The largest absolute Gasteiger partial charge is 0.465 e. The molecule has 0 aliphatic carbocycles. The van der Waals surface area contributed by atoms with Crippen molar-refractivity contribution in [3.63, 3.8) is 0 Å². The predicted octanol–water partition coefficient (Wildman–Crippen LogP) is 3.33. The predicted molar refractivity (Wildman–Crippen MR) is 97.3 cm³/mol. The van der Waals surface area contributed by atoms with Gasteiger partial charge in [-0.3, -0.25) is 4.99 Å². The minimum atomic E-state index is -0.870. The lowest BCUT2D eigenvalue weighted by Crippen LogP contribution is -2.36. The molecule has 3 rings (SSSR count). The van der Waals surface area contributed by atoms with Gasteiger partial charge in [0.15, 0.2) is 0 Å². The maximum atomic E-state index is 11.0. The molecule has 1 aliphatic rings. The van der Waals surface area contributed by atoms with Crippen molar-refractivity contribution in [3.8, 4) is 11.5 Å². The fraction of sp³-hybridized carbons (Fsp3) is 0.412. The number of benzene rings is 1.